The molecule has 2 aromatic rings. The number of ether oxygens (including phenoxy) is 2. The number of aromatic nitrogens is 2. The number of nitrogens with two attached hydrogens (primary N) is 1. The van der Waals surface area contributed by atoms with Gasteiger partial charge in [-0.15, -0.1) is 0 Å². The molecule has 0 aliphatic carbocycles. The van der Waals surface area contributed by atoms with Crippen LogP contribution in [0.1, 0.15) is 16.8 Å². The van der Waals surface area contributed by atoms with E-state index in [1.165, 1.54) is 11.8 Å². The first-order valence-corrected chi connectivity index (χ1v) is 6.57. The minimum atomic E-state index is -0.576. The Kier molecular flexibility index (Phi) is 4.63. The molecule has 0 aliphatic rings. The Morgan fingerprint density at radius 1 is 1.36 bits per heavy atom. The number of carbonyl (C=O) groups excluding carboxylic acids is 1. The highest BCUT2D eigenvalue weighted by atomic mass is 16.5. The smallest absolute Gasteiger partial charge is 0.252 e. The number of nitriles is 1. The minimum absolute atomic E-state index is 0.296. The van der Waals surface area contributed by atoms with Gasteiger partial charge in [0.05, 0.1) is 38.8 Å². The molecular formula is C15H16N4O3. The molecule has 0 aliphatic heterocycles. The fraction of sp³-hybridized carbons (Fsp3) is 0.267. The monoisotopic (exact) mass is 300 g/mol. The molecule has 0 bridgehead atoms. The van der Waals surface area contributed by atoms with Gasteiger partial charge in [-0.25, -0.2) is 0 Å². The summed E-state index contributed by atoms with van der Waals surface area (Å²) in [7, 11) is 3.07. The average molecular weight is 300 g/mol. The van der Waals surface area contributed by atoms with E-state index in [-0.39, 0.29) is 0 Å². The molecule has 22 heavy (non-hydrogen) atoms. The number of hydrogen-bond donors (Lipinski definition) is 1. The second-order valence-corrected chi connectivity index (χ2v) is 4.50. The van der Waals surface area contributed by atoms with Crippen molar-refractivity contribution in [1.82, 2.24) is 9.78 Å². The number of hydrogen-bond acceptors (Lipinski definition) is 5. The van der Waals surface area contributed by atoms with E-state index < -0.39 is 5.91 Å². The summed E-state index contributed by atoms with van der Waals surface area (Å²) in [5.41, 5.74) is 6.84. The number of rotatable bonds is 6. The SMILES string of the molecule is COc1ccc(-c2nn(CCC#N)cc2C(N)=O)cc1OC. The highest BCUT2D eigenvalue weighted by molar-refractivity contribution is 5.98. The van der Waals surface area contributed by atoms with E-state index in [9.17, 15) is 4.79 Å². The van der Waals surface area contributed by atoms with Crippen molar-refractivity contribution in [1.29, 1.82) is 5.26 Å². The fourth-order valence-corrected chi connectivity index (χ4v) is 2.08. The maximum Gasteiger partial charge on any atom is 0.252 e. The molecule has 1 aromatic heterocycles. The van der Waals surface area contributed by atoms with Crippen LogP contribution in [-0.4, -0.2) is 29.9 Å². The second-order valence-electron chi connectivity index (χ2n) is 4.50. The number of methoxy groups -OCH3 is 2. The molecule has 1 aromatic carbocycles. The third-order valence-corrected chi connectivity index (χ3v) is 3.14. The van der Waals surface area contributed by atoms with E-state index in [0.29, 0.717) is 41.3 Å². The van der Waals surface area contributed by atoms with Crippen LogP contribution < -0.4 is 15.2 Å². The van der Waals surface area contributed by atoms with Crippen molar-refractivity contribution in [3.8, 4) is 28.8 Å². The normalized spacial score (nSPS) is 10.0. The van der Waals surface area contributed by atoms with Crippen LogP contribution in [0.5, 0.6) is 11.5 Å². The number of aryl methyl sites for hydroxylation is 1. The van der Waals surface area contributed by atoms with Crippen LogP contribution in [0.2, 0.25) is 0 Å². The average Bonchev–Trinajstić information content (AvgIpc) is 2.96. The van der Waals surface area contributed by atoms with E-state index in [4.69, 9.17) is 20.5 Å². The molecule has 0 radical (unpaired) electrons. The van der Waals surface area contributed by atoms with Crippen molar-refractivity contribution in [2.24, 2.45) is 5.73 Å². The lowest BCUT2D eigenvalue weighted by Crippen LogP contribution is -2.11. The molecule has 0 atom stereocenters. The van der Waals surface area contributed by atoms with Gasteiger partial charge >= 0.3 is 0 Å². The Balaban J connectivity index is 2.49. The molecule has 1 heterocycles. The van der Waals surface area contributed by atoms with Gasteiger partial charge in [-0.2, -0.15) is 10.4 Å². The van der Waals surface area contributed by atoms with Crippen molar-refractivity contribution in [3.05, 3.63) is 30.0 Å². The van der Waals surface area contributed by atoms with Crippen molar-refractivity contribution in [3.63, 3.8) is 0 Å². The van der Waals surface area contributed by atoms with Crippen LogP contribution in [-0.2, 0) is 6.54 Å². The van der Waals surface area contributed by atoms with Gasteiger partial charge in [0.15, 0.2) is 11.5 Å². The summed E-state index contributed by atoms with van der Waals surface area (Å²) < 4.78 is 12.0. The predicted octanol–water partition coefficient (Wildman–Crippen LogP) is 1.58. The Morgan fingerprint density at radius 2 is 2.09 bits per heavy atom. The highest BCUT2D eigenvalue weighted by Crippen LogP contribution is 2.32. The number of carbonyl (C=O) groups is 1. The van der Waals surface area contributed by atoms with Gasteiger partial charge < -0.3 is 15.2 Å². The Morgan fingerprint density at radius 3 is 2.68 bits per heavy atom. The summed E-state index contributed by atoms with van der Waals surface area (Å²) >= 11 is 0. The third kappa shape index (κ3) is 3.01. The molecule has 2 N–H and O–H groups in total. The maximum atomic E-state index is 11.6. The van der Waals surface area contributed by atoms with E-state index >= 15 is 0 Å². The van der Waals surface area contributed by atoms with Crippen LogP contribution in [0.25, 0.3) is 11.3 Å². The lowest BCUT2D eigenvalue weighted by molar-refractivity contribution is 0.100. The topological polar surface area (TPSA) is 103 Å². The first-order valence-electron chi connectivity index (χ1n) is 6.57. The van der Waals surface area contributed by atoms with Crippen molar-refractivity contribution < 1.29 is 14.3 Å². The zero-order valence-electron chi connectivity index (χ0n) is 12.4. The molecule has 1 amide bonds. The van der Waals surface area contributed by atoms with E-state index in [1.54, 1.807) is 31.5 Å². The quantitative estimate of drug-likeness (QED) is 0.872. The van der Waals surface area contributed by atoms with Gasteiger partial charge in [-0.05, 0) is 18.2 Å². The highest BCUT2D eigenvalue weighted by Gasteiger charge is 2.17. The van der Waals surface area contributed by atoms with Crippen molar-refractivity contribution in [2.45, 2.75) is 13.0 Å². The van der Waals surface area contributed by atoms with Crippen LogP contribution >= 0.6 is 0 Å². The second kappa shape index (κ2) is 6.63. The minimum Gasteiger partial charge on any atom is -0.493 e. The predicted molar refractivity (Wildman–Crippen MR) is 79.5 cm³/mol. The molecule has 0 unspecified atom stereocenters. The lowest BCUT2D eigenvalue weighted by Gasteiger charge is -2.09. The summed E-state index contributed by atoms with van der Waals surface area (Å²) in [6.45, 7) is 0.393. The molecule has 7 nitrogen and oxygen atoms in total. The maximum absolute atomic E-state index is 11.6. The first-order chi connectivity index (χ1) is 10.6. The lowest BCUT2D eigenvalue weighted by atomic mass is 10.1. The van der Waals surface area contributed by atoms with Gasteiger partial charge in [0, 0.05) is 11.8 Å². The Labute approximate surface area is 127 Å². The van der Waals surface area contributed by atoms with Gasteiger partial charge in [0.25, 0.3) is 5.91 Å². The number of amides is 1. The van der Waals surface area contributed by atoms with Gasteiger partial charge in [0.1, 0.15) is 5.69 Å². The van der Waals surface area contributed by atoms with E-state index in [1.807, 2.05) is 6.07 Å². The molecule has 0 spiro atoms. The van der Waals surface area contributed by atoms with Gasteiger partial charge in [-0.3, -0.25) is 9.48 Å². The van der Waals surface area contributed by atoms with Crippen LogP contribution in [0.4, 0.5) is 0 Å². The largest absolute Gasteiger partial charge is 0.493 e. The van der Waals surface area contributed by atoms with Gasteiger partial charge in [-0.1, -0.05) is 0 Å². The molecule has 114 valence electrons. The van der Waals surface area contributed by atoms with Gasteiger partial charge in [0.2, 0.25) is 0 Å². The third-order valence-electron chi connectivity index (χ3n) is 3.14. The van der Waals surface area contributed by atoms with Crippen LogP contribution in [0.15, 0.2) is 24.4 Å². The molecule has 2 rings (SSSR count). The standard InChI is InChI=1S/C15H16N4O3/c1-21-12-5-4-10(8-13(12)22-2)14-11(15(17)20)9-19(18-14)7-3-6-16/h4-5,8-9H,3,7H2,1-2H3,(H2,17,20). The van der Waals surface area contributed by atoms with Crippen LogP contribution in [0, 0.1) is 11.3 Å². The summed E-state index contributed by atoms with van der Waals surface area (Å²) in [5, 5.41) is 13.0. The molecule has 0 saturated heterocycles. The first kappa shape index (κ1) is 15.4. The Bertz CT molecular complexity index is 731. The number of nitrogens with zero attached hydrogens (tertiary/aromatic N) is 3. The van der Waals surface area contributed by atoms with E-state index in [0.717, 1.165) is 0 Å². The number of primary amides is 1. The molecule has 7 heteroatoms. The zero-order chi connectivity index (χ0) is 16.1. The Hall–Kier alpha value is -3.01. The zero-order valence-corrected chi connectivity index (χ0v) is 12.4. The van der Waals surface area contributed by atoms with Crippen molar-refractivity contribution >= 4 is 5.91 Å². The van der Waals surface area contributed by atoms with Crippen LogP contribution in [0.3, 0.4) is 0 Å². The number of benzene rings is 1. The summed E-state index contributed by atoms with van der Waals surface area (Å²) in [6, 6.07) is 7.26. The summed E-state index contributed by atoms with van der Waals surface area (Å²) in [4.78, 5) is 11.6. The summed E-state index contributed by atoms with van der Waals surface area (Å²) in [5.74, 6) is 0.533. The van der Waals surface area contributed by atoms with E-state index in [2.05, 4.69) is 5.10 Å². The summed E-state index contributed by atoms with van der Waals surface area (Å²) in [6.07, 6.45) is 1.84. The molecular weight excluding hydrogens is 284 g/mol. The molecule has 0 fully saturated rings. The molecule has 0 saturated carbocycles. The fourth-order valence-electron chi connectivity index (χ4n) is 2.08. The van der Waals surface area contributed by atoms with Crippen molar-refractivity contribution in [2.75, 3.05) is 14.2 Å².